The van der Waals surface area contributed by atoms with E-state index in [-0.39, 0.29) is 16.0 Å². The van der Waals surface area contributed by atoms with Gasteiger partial charge in [-0.2, -0.15) is 0 Å². The van der Waals surface area contributed by atoms with Crippen LogP contribution >= 0.6 is 0 Å². The van der Waals surface area contributed by atoms with Crippen molar-refractivity contribution in [2.75, 3.05) is 23.7 Å². The summed E-state index contributed by atoms with van der Waals surface area (Å²) in [6.07, 6.45) is 0. The molecule has 5 nitrogen and oxygen atoms in total. The number of anilines is 2. The fourth-order valence-electron chi connectivity index (χ4n) is 1.66. The predicted octanol–water partition coefficient (Wildman–Crippen LogP) is 4.12. The molecule has 0 aliphatic rings. The highest BCUT2D eigenvalue weighted by Crippen LogP contribution is 2.29. The van der Waals surface area contributed by atoms with Crippen LogP contribution < -0.4 is 10.6 Å². The first-order valence-corrected chi connectivity index (χ1v) is 7.03. The molecular formula is C15H25N3O2. The Hall–Kier alpha value is -1.78. The number of hydrogen-bond donors (Lipinski definition) is 2. The molecule has 0 aliphatic heterocycles. The van der Waals surface area contributed by atoms with Gasteiger partial charge < -0.3 is 10.6 Å². The first-order chi connectivity index (χ1) is 9.26. The molecule has 0 saturated heterocycles. The smallest absolute Gasteiger partial charge is 0.273 e. The molecule has 0 aliphatic carbocycles. The van der Waals surface area contributed by atoms with Gasteiger partial charge in [-0.1, -0.05) is 27.7 Å². The minimum absolute atomic E-state index is 0.105. The highest BCUT2D eigenvalue weighted by atomic mass is 16.6. The number of nitrogens with zero attached hydrogens (tertiary/aromatic N) is 1. The fourth-order valence-corrected chi connectivity index (χ4v) is 1.66. The molecule has 112 valence electrons. The van der Waals surface area contributed by atoms with E-state index < -0.39 is 0 Å². The Bertz CT molecular complexity index is 470. The summed E-state index contributed by atoms with van der Waals surface area (Å²) < 4.78 is 0. The van der Waals surface area contributed by atoms with E-state index in [1.165, 1.54) is 0 Å². The number of nitrogens with one attached hydrogen (secondary N) is 2. The van der Waals surface area contributed by atoms with Crippen molar-refractivity contribution < 1.29 is 4.92 Å². The third-order valence-electron chi connectivity index (χ3n) is 3.82. The lowest BCUT2D eigenvalue weighted by molar-refractivity contribution is -0.384. The van der Waals surface area contributed by atoms with Gasteiger partial charge in [-0.15, -0.1) is 0 Å². The van der Waals surface area contributed by atoms with Crippen molar-refractivity contribution in [1.82, 2.24) is 0 Å². The van der Waals surface area contributed by atoms with E-state index in [9.17, 15) is 10.1 Å². The monoisotopic (exact) mass is 279 g/mol. The molecule has 0 spiro atoms. The van der Waals surface area contributed by atoms with Crippen LogP contribution in [-0.4, -0.2) is 18.0 Å². The standard InChI is InChI=1S/C15H25N3O2/c1-6-16-12-7-13(9-14(8-12)18(19)20)17-10-15(4,5)11(2)3/h7-9,11,16-17H,6,10H2,1-5H3. The van der Waals surface area contributed by atoms with Crippen molar-refractivity contribution >= 4 is 17.1 Å². The maximum atomic E-state index is 11.0. The minimum atomic E-state index is -0.361. The SMILES string of the molecule is CCNc1cc(NCC(C)(C)C(C)C)cc([N+](=O)[O-])c1. The van der Waals surface area contributed by atoms with Crippen LogP contribution in [0.2, 0.25) is 0 Å². The second-order valence-corrected chi connectivity index (χ2v) is 6.05. The van der Waals surface area contributed by atoms with Crippen LogP contribution in [0, 0.1) is 21.4 Å². The molecule has 1 rings (SSSR count). The summed E-state index contributed by atoms with van der Waals surface area (Å²) in [7, 11) is 0. The van der Waals surface area contributed by atoms with Gasteiger partial charge in [0.15, 0.2) is 0 Å². The van der Waals surface area contributed by atoms with E-state index in [0.717, 1.165) is 24.5 Å². The van der Waals surface area contributed by atoms with E-state index in [4.69, 9.17) is 0 Å². The van der Waals surface area contributed by atoms with Crippen LogP contribution in [0.25, 0.3) is 0 Å². The lowest BCUT2D eigenvalue weighted by Crippen LogP contribution is -2.28. The zero-order valence-electron chi connectivity index (χ0n) is 13.0. The van der Waals surface area contributed by atoms with Gasteiger partial charge in [-0.3, -0.25) is 10.1 Å². The summed E-state index contributed by atoms with van der Waals surface area (Å²) in [5.41, 5.74) is 1.78. The van der Waals surface area contributed by atoms with E-state index >= 15 is 0 Å². The van der Waals surface area contributed by atoms with Crippen LogP contribution in [0.3, 0.4) is 0 Å². The Morgan fingerprint density at radius 1 is 1.20 bits per heavy atom. The van der Waals surface area contributed by atoms with Gasteiger partial charge in [0.05, 0.1) is 4.92 Å². The molecule has 20 heavy (non-hydrogen) atoms. The largest absolute Gasteiger partial charge is 0.385 e. The van der Waals surface area contributed by atoms with Crippen molar-refractivity contribution in [1.29, 1.82) is 0 Å². The molecule has 0 atom stereocenters. The van der Waals surface area contributed by atoms with Crippen molar-refractivity contribution in [3.05, 3.63) is 28.3 Å². The molecule has 0 aromatic heterocycles. The molecular weight excluding hydrogens is 254 g/mol. The van der Waals surface area contributed by atoms with Gasteiger partial charge in [0.1, 0.15) is 0 Å². The van der Waals surface area contributed by atoms with Crippen LogP contribution in [0.1, 0.15) is 34.6 Å². The van der Waals surface area contributed by atoms with Crippen LogP contribution in [0.15, 0.2) is 18.2 Å². The molecule has 5 heteroatoms. The molecule has 0 fully saturated rings. The maximum Gasteiger partial charge on any atom is 0.273 e. The Balaban J connectivity index is 2.91. The van der Waals surface area contributed by atoms with E-state index in [1.807, 2.05) is 13.0 Å². The van der Waals surface area contributed by atoms with Gasteiger partial charge in [-0.25, -0.2) is 0 Å². The number of rotatable bonds is 7. The average molecular weight is 279 g/mol. The zero-order chi connectivity index (χ0) is 15.3. The first kappa shape index (κ1) is 16.3. The normalized spacial score (nSPS) is 11.5. The van der Waals surface area contributed by atoms with Crippen molar-refractivity contribution in [3.8, 4) is 0 Å². The first-order valence-electron chi connectivity index (χ1n) is 7.03. The number of nitro benzene ring substituents is 1. The highest BCUT2D eigenvalue weighted by Gasteiger charge is 2.22. The second-order valence-electron chi connectivity index (χ2n) is 6.05. The third-order valence-corrected chi connectivity index (χ3v) is 3.82. The number of non-ortho nitro benzene ring substituents is 1. The second kappa shape index (κ2) is 6.59. The van der Waals surface area contributed by atoms with E-state index in [0.29, 0.717) is 5.92 Å². The molecule has 0 amide bonds. The van der Waals surface area contributed by atoms with Crippen LogP contribution in [0.5, 0.6) is 0 Å². The number of hydrogen-bond acceptors (Lipinski definition) is 4. The summed E-state index contributed by atoms with van der Waals surface area (Å²) in [5.74, 6) is 0.530. The van der Waals surface area contributed by atoms with Crippen LogP contribution in [-0.2, 0) is 0 Å². The van der Waals surface area contributed by atoms with Crippen LogP contribution in [0.4, 0.5) is 17.1 Å². The molecule has 0 bridgehead atoms. The van der Waals surface area contributed by atoms with Gasteiger partial charge in [0.2, 0.25) is 0 Å². The highest BCUT2D eigenvalue weighted by molar-refractivity contribution is 5.63. The van der Waals surface area contributed by atoms with Gasteiger partial charge in [-0.05, 0) is 24.3 Å². The summed E-state index contributed by atoms with van der Waals surface area (Å²) in [6, 6.07) is 5.05. The van der Waals surface area contributed by atoms with Gasteiger partial charge in [0, 0.05) is 36.6 Å². The lowest BCUT2D eigenvalue weighted by Gasteiger charge is -2.30. The molecule has 1 aromatic carbocycles. The summed E-state index contributed by atoms with van der Waals surface area (Å²) >= 11 is 0. The average Bonchev–Trinajstić information content (AvgIpc) is 2.36. The topological polar surface area (TPSA) is 67.2 Å². The molecule has 1 aromatic rings. The number of benzene rings is 1. The summed E-state index contributed by atoms with van der Waals surface area (Å²) in [5, 5.41) is 17.4. The Morgan fingerprint density at radius 2 is 1.75 bits per heavy atom. The van der Waals surface area contributed by atoms with Crippen molar-refractivity contribution in [2.45, 2.75) is 34.6 Å². The van der Waals surface area contributed by atoms with Crippen molar-refractivity contribution in [3.63, 3.8) is 0 Å². The van der Waals surface area contributed by atoms with Gasteiger partial charge >= 0.3 is 0 Å². The Kier molecular flexibility index (Phi) is 5.36. The number of nitro groups is 1. The summed E-state index contributed by atoms with van der Waals surface area (Å²) in [6.45, 7) is 12.2. The summed E-state index contributed by atoms with van der Waals surface area (Å²) in [4.78, 5) is 10.6. The Labute approximate surface area is 120 Å². The quantitative estimate of drug-likeness (QED) is 0.582. The molecule has 2 N–H and O–H groups in total. The zero-order valence-corrected chi connectivity index (χ0v) is 13.0. The van der Waals surface area contributed by atoms with E-state index in [1.54, 1.807) is 12.1 Å². The van der Waals surface area contributed by atoms with Crippen molar-refractivity contribution in [2.24, 2.45) is 11.3 Å². The van der Waals surface area contributed by atoms with Gasteiger partial charge in [0.25, 0.3) is 5.69 Å². The van der Waals surface area contributed by atoms with E-state index in [2.05, 4.69) is 38.3 Å². The fraction of sp³-hybridized carbons (Fsp3) is 0.600. The minimum Gasteiger partial charge on any atom is -0.385 e. The lowest BCUT2D eigenvalue weighted by atomic mass is 9.81. The molecule has 0 radical (unpaired) electrons. The third kappa shape index (κ3) is 4.40. The maximum absolute atomic E-state index is 11.0. The molecule has 0 saturated carbocycles. The Morgan fingerprint density at radius 3 is 2.20 bits per heavy atom. The molecule has 0 heterocycles. The predicted molar refractivity (Wildman–Crippen MR) is 84.4 cm³/mol. The molecule has 0 unspecified atom stereocenters.